The molecule has 2 aromatic heterocycles. The van der Waals surface area contributed by atoms with Crippen molar-refractivity contribution in [2.75, 3.05) is 0 Å². The van der Waals surface area contributed by atoms with E-state index in [9.17, 15) is 0 Å². The Morgan fingerprint density at radius 1 is 0.250 bits per heavy atom. The molecule has 0 amide bonds. The first-order chi connectivity index (χ1) is 23.8. The second-order valence-electron chi connectivity index (χ2n) is 11.7. The third kappa shape index (κ3) is 6.18. The number of rotatable bonds is 7. The van der Waals surface area contributed by atoms with Crippen molar-refractivity contribution >= 4 is 0 Å². The average Bonchev–Trinajstić information content (AvgIpc) is 3.19. The van der Waals surface area contributed by atoms with Gasteiger partial charge < -0.3 is 0 Å². The molecule has 0 aliphatic rings. The second kappa shape index (κ2) is 13.1. The lowest BCUT2D eigenvalue weighted by molar-refractivity contribution is 1.18. The van der Waals surface area contributed by atoms with Gasteiger partial charge in [-0.15, -0.1) is 0 Å². The number of benzene rings is 6. The van der Waals surface area contributed by atoms with Crippen LogP contribution >= 0.6 is 0 Å². The standard InChI is InChI=1S/C45H31N3/c1-3-10-32(11-4-1)40-14-9-15-41(30-40)44-31-43(47-45(48-44)39-12-5-2-6-13-39)38-27-23-36(24-28-38)34-19-17-33(18-20-34)35-21-25-37(26-22-35)42-16-7-8-29-46-42/h1-31H. The van der Waals surface area contributed by atoms with Crippen molar-refractivity contribution in [3.8, 4) is 78.5 Å². The second-order valence-corrected chi connectivity index (χ2v) is 11.7. The van der Waals surface area contributed by atoms with Gasteiger partial charge in [0.05, 0.1) is 17.1 Å². The van der Waals surface area contributed by atoms with Crippen molar-refractivity contribution < 1.29 is 0 Å². The molecule has 0 unspecified atom stereocenters. The van der Waals surface area contributed by atoms with Crippen LogP contribution in [0.15, 0.2) is 188 Å². The quantitative estimate of drug-likeness (QED) is 0.179. The summed E-state index contributed by atoms with van der Waals surface area (Å²) in [5.74, 6) is 0.709. The summed E-state index contributed by atoms with van der Waals surface area (Å²) >= 11 is 0. The van der Waals surface area contributed by atoms with Gasteiger partial charge in [0, 0.05) is 28.5 Å². The molecular formula is C45H31N3. The minimum Gasteiger partial charge on any atom is -0.256 e. The van der Waals surface area contributed by atoms with E-state index in [2.05, 4.69) is 145 Å². The van der Waals surface area contributed by atoms with Crippen LogP contribution in [0.2, 0.25) is 0 Å². The van der Waals surface area contributed by atoms with Crippen LogP contribution in [0.3, 0.4) is 0 Å². The molecule has 0 aliphatic heterocycles. The lowest BCUT2D eigenvalue weighted by Gasteiger charge is -2.11. The molecule has 0 atom stereocenters. The molecule has 0 bridgehead atoms. The van der Waals surface area contributed by atoms with E-state index in [0.717, 1.165) is 50.5 Å². The first-order valence-corrected chi connectivity index (χ1v) is 16.1. The summed E-state index contributed by atoms with van der Waals surface area (Å²) in [6.07, 6.45) is 1.83. The Kier molecular flexibility index (Phi) is 7.92. The largest absolute Gasteiger partial charge is 0.256 e. The summed E-state index contributed by atoms with van der Waals surface area (Å²) in [5.41, 5.74) is 14.0. The number of hydrogen-bond donors (Lipinski definition) is 0. The number of hydrogen-bond acceptors (Lipinski definition) is 3. The molecule has 0 saturated heterocycles. The highest BCUT2D eigenvalue weighted by molar-refractivity contribution is 5.78. The molecule has 6 aromatic carbocycles. The van der Waals surface area contributed by atoms with E-state index in [0.29, 0.717) is 5.82 Å². The first kappa shape index (κ1) is 29.0. The molecule has 226 valence electrons. The Bertz CT molecular complexity index is 2280. The molecule has 3 heteroatoms. The van der Waals surface area contributed by atoms with Gasteiger partial charge in [0.2, 0.25) is 0 Å². The Balaban J connectivity index is 1.08. The highest BCUT2D eigenvalue weighted by Crippen LogP contribution is 2.32. The Labute approximate surface area is 280 Å². The third-order valence-corrected chi connectivity index (χ3v) is 8.60. The molecule has 8 rings (SSSR count). The van der Waals surface area contributed by atoms with Crippen LogP contribution in [0.4, 0.5) is 0 Å². The van der Waals surface area contributed by atoms with Gasteiger partial charge in [-0.05, 0) is 57.6 Å². The van der Waals surface area contributed by atoms with Gasteiger partial charge in [0.1, 0.15) is 0 Å². The normalized spacial score (nSPS) is 10.9. The maximum Gasteiger partial charge on any atom is 0.160 e. The molecular weight excluding hydrogens is 583 g/mol. The summed E-state index contributed by atoms with van der Waals surface area (Å²) in [5, 5.41) is 0. The van der Waals surface area contributed by atoms with E-state index in [4.69, 9.17) is 9.97 Å². The maximum atomic E-state index is 5.04. The van der Waals surface area contributed by atoms with Gasteiger partial charge in [-0.25, -0.2) is 9.97 Å². The minimum atomic E-state index is 0.709. The minimum absolute atomic E-state index is 0.709. The zero-order valence-electron chi connectivity index (χ0n) is 26.2. The van der Waals surface area contributed by atoms with E-state index >= 15 is 0 Å². The summed E-state index contributed by atoms with van der Waals surface area (Å²) in [4.78, 5) is 14.5. The maximum absolute atomic E-state index is 5.04. The van der Waals surface area contributed by atoms with E-state index in [1.165, 1.54) is 22.3 Å². The molecule has 8 aromatic rings. The van der Waals surface area contributed by atoms with Gasteiger partial charge in [0.15, 0.2) is 5.82 Å². The molecule has 0 spiro atoms. The molecule has 0 N–H and O–H groups in total. The van der Waals surface area contributed by atoms with Crippen LogP contribution in [0.25, 0.3) is 78.5 Å². The van der Waals surface area contributed by atoms with Gasteiger partial charge >= 0.3 is 0 Å². The SMILES string of the molecule is c1ccc(-c2cccc(-c3cc(-c4ccc(-c5ccc(-c6ccc(-c7ccccn7)cc6)cc5)cc4)nc(-c4ccccc4)n3)c2)cc1. The predicted molar refractivity (Wildman–Crippen MR) is 198 cm³/mol. The predicted octanol–water partition coefficient (Wildman–Crippen LogP) is 11.5. The monoisotopic (exact) mass is 613 g/mol. The van der Waals surface area contributed by atoms with Gasteiger partial charge in [-0.3, -0.25) is 4.98 Å². The Morgan fingerprint density at radius 2 is 0.667 bits per heavy atom. The molecule has 3 nitrogen and oxygen atoms in total. The molecule has 0 saturated carbocycles. The molecule has 2 heterocycles. The van der Waals surface area contributed by atoms with Crippen molar-refractivity contribution in [1.29, 1.82) is 0 Å². The van der Waals surface area contributed by atoms with Crippen LogP contribution in [0, 0.1) is 0 Å². The fraction of sp³-hybridized carbons (Fsp3) is 0. The summed E-state index contributed by atoms with van der Waals surface area (Å²) in [6.45, 7) is 0. The van der Waals surface area contributed by atoms with E-state index in [1.54, 1.807) is 0 Å². The smallest absolute Gasteiger partial charge is 0.160 e. The van der Waals surface area contributed by atoms with Crippen molar-refractivity contribution in [3.05, 3.63) is 188 Å². The fourth-order valence-electron chi connectivity index (χ4n) is 6.00. The molecule has 0 fully saturated rings. The highest BCUT2D eigenvalue weighted by Gasteiger charge is 2.12. The van der Waals surface area contributed by atoms with Crippen LogP contribution in [0.1, 0.15) is 0 Å². The van der Waals surface area contributed by atoms with Crippen LogP contribution in [-0.2, 0) is 0 Å². The summed E-state index contributed by atoms with van der Waals surface area (Å²) in [7, 11) is 0. The van der Waals surface area contributed by atoms with Gasteiger partial charge in [0.25, 0.3) is 0 Å². The van der Waals surface area contributed by atoms with Crippen LogP contribution in [-0.4, -0.2) is 15.0 Å². The average molecular weight is 614 g/mol. The lowest BCUT2D eigenvalue weighted by Crippen LogP contribution is -1.96. The Morgan fingerprint density at radius 3 is 1.21 bits per heavy atom. The third-order valence-electron chi connectivity index (χ3n) is 8.60. The van der Waals surface area contributed by atoms with Crippen molar-refractivity contribution in [2.45, 2.75) is 0 Å². The van der Waals surface area contributed by atoms with Crippen molar-refractivity contribution in [3.63, 3.8) is 0 Å². The van der Waals surface area contributed by atoms with E-state index < -0.39 is 0 Å². The van der Waals surface area contributed by atoms with E-state index in [1.807, 2.05) is 48.7 Å². The number of aromatic nitrogens is 3. The lowest BCUT2D eigenvalue weighted by atomic mass is 9.98. The topological polar surface area (TPSA) is 38.7 Å². The molecule has 0 aliphatic carbocycles. The van der Waals surface area contributed by atoms with Gasteiger partial charge in [-0.2, -0.15) is 0 Å². The van der Waals surface area contributed by atoms with Gasteiger partial charge in [-0.1, -0.05) is 158 Å². The van der Waals surface area contributed by atoms with E-state index in [-0.39, 0.29) is 0 Å². The highest BCUT2D eigenvalue weighted by atomic mass is 14.9. The fourth-order valence-corrected chi connectivity index (χ4v) is 6.00. The number of pyridine rings is 1. The zero-order chi connectivity index (χ0) is 32.1. The molecule has 48 heavy (non-hydrogen) atoms. The molecule has 0 radical (unpaired) electrons. The number of nitrogens with zero attached hydrogens (tertiary/aromatic N) is 3. The van der Waals surface area contributed by atoms with Crippen LogP contribution < -0.4 is 0 Å². The Hall–Kier alpha value is -6.45. The zero-order valence-corrected chi connectivity index (χ0v) is 26.2. The van der Waals surface area contributed by atoms with Crippen LogP contribution in [0.5, 0.6) is 0 Å². The summed E-state index contributed by atoms with van der Waals surface area (Å²) in [6, 6.07) is 63.3. The van der Waals surface area contributed by atoms with Crippen molar-refractivity contribution in [1.82, 2.24) is 15.0 Å². The van der Waals surface area contributed by atoms with Crippen molar-refractivity contribution in [2.24, 2.45) is 0 Å². The first-order valence-electron chi connectivity index (χ1n) is 16.1. The summed E-state index contributed by atoms with van der Waals surface area (Å²) < 4.78 is 0.